The van der Waals surface area contributed by atoms with E-state index < -0.39 is 0 Å². The summed E-state index contributed by atoms with van der Waals surface area (Å²) < 4.78 is 0. The monoisotopic (exact) mass is 206 g/mol. The van der Waals surface area contributed by atoms with Gasteiger partial charge in [0.15, 0.2) is 0 Å². The van der Waals surface area contributed by atoms with Crippen LogP contribution in [0.2, 0.25) is 0 Å². The van der Waals surface area contributed by atoms with Gasteiger partial charge < -0.3 is 0 Å². The lowest BCUT2D eigenvalue weighted by molar-refractivity contribution is -0.318. The Morgan fingerprint density at radius 3 is 1.93 bits per heavy atom. The second kappa shape index (κ2) is 2.17. The third-order valence-corrected chi connectivity index (χ3v) is 7.06. The largest absolute Gasteiger partial charge is 0.0599 e. The topological polar surface area (TPSA) is 0 Å². The summed E-state index contributed by atoms with van der Waals surface area (Å²) in [6.07, 6.45) is 4.43. The molecule has 0 heteroatoms. The highest BCUT2D eigenvalue weighted by molar-refractivity contribution is 5.27. The van der Waals surface area contributed by atoms with Crippen molar-refractivity contribution in [1.29, 1.82) is 0 Å². The molecule has 86 valence electrons. The Bertz CT molecular complexity index is 325. The Balaban J connectivity index is 2.09. The fourth-order valence-electron chi connectivity index (χ4n) is 6.19. The van der Waals surface area contributed by atoms with Crippen LogP contribution in [0, 0.1) is 33.5 Å². The lowest BCUT2D eigenvalue weighted by atomic mass is 9.25. The van der Waals surface area contributed by atoms with Crippen LogP contribution in [-0.2, 0) is 0 Å². The second-order valence-electron chi connectivity index (χ2n) is 8.45. The van der Waals surface area contributed by atoms with E-state index in [1.807, 2.05) is 0 Å². The molecular weight excluding hydrogens is 180 g/mol. The van der Waals surface area contributed by atoms with Gasteiger partial charge in [-0.05, 0) is 52.8 Å². The van der Waals surface area contributed by atoms with Gasteiger partial charge in [-0.2, -0.15) is 0 Å². The van der Waals surface area contributed by atoms with Gasteiger partial charge in [0.25, 0.3) is 0 Å². The summed E-state index contributed by atoms with van der Waals surface area (Å²) in [5, 5.41) is 0. The Kier molecular flexibility index (Phi) is 1.47. The van der Waals surface area contributed by atoms with Gasteiger partial charge in [0, 0.05) is 0 Å². The third kappa shape index (κ3) is 0.806. The van der Waals surface area contributed by atoms with Crippen LogP contribution in [0.25, 0.3) is 0 Å². The van der Waals surface area contributed by atoms with Gasteiger partial charge in [-0.1, -0.05) is 41.5 Å². The van der Waals surface area contributed by atoms with Crippen molar-refractivity contribution in [2.75, 3.05) is 0 Å². The summed E-state index contributed by atoms with van der Waals surface area (Å²) in [5.74, 6) is 2.06. The van der Waals surface area contributed by atoms with E-state index in [-0.39, 0.29) is 0 Å². The molecule has 0 spiro atoms. The predicted octanol–water partition coefficient (Wildman–Crippen LogP) is 4.49. The number of hydrogen-bond acceptors (Lipinski definition) is 0. The van der Waals surface area contributed by atoms with Crippen molar-refractivity contribution in [3.8, 4) is 0 Å². The normalized spacial score (nSPS) is 58.8. The average molecular weight is 206 g/mol. The Morgan fingerprint density at radius 2 is 1.40 bits per heavy atom. The highest BCUT2D eigenvalue weighted by Crippen LogP contribution is 2.86. The lowest BCUT2D eigenvalue weighted by Crippen LogP contribution is -2.74. The Morgan fingerprint density at radius 1 is 0.800 bits per heavy atom. The standard InChI is InChI=1S/C15H26/c1-12(2)7-10-11-8-14(5,9-12)15(11,6)13(10,3)4/h10-11H,7-9H2,1-6H3. The molecule has 0 aromatic heterocycles. The molecule has 5 aliphatic rings. The first-order chi connectivity index (χ1) is 6.64. The molecule has 0 aliphatic heterocycles. The molecule has 0 aromatic carbocycles. The molecule has 0 N–H and O–H groups in total. The maximum atomic E-state index is 2.58. The fraction of sp³-hybridized carbons (Fsp3) is 1.00. The van der Waals surface area contributed by atoms with Crippen LogP contribution in [-0.4, -0.2) is 0 Å². The van der Waals surface area contributed by atoms with Gasteiger partial charge >= 0.3 is 0 Å². The van der Waals surface area contributed by atoms with Crippen molar-refractivity contribution in [2.45, 2.75) is 60.8 Å². The van der Waals surface area contributed by atoms with Crippen LogP contribution in [0.5, 0.6) is 0 Å². The van der Waals surface area contributed by atoms with Crippen LogP contribution in [0.3, 0.4) is 0 Å². The summed E-state index contributed by atoms with van der Waals surface area (Å²) in [7, 11) is 0. The van der Waals surface area contributed by atoms with Gasteiger partial charge in [-0.15, -0.1) is 0 Å². The summed E-state index contributed by atoms with van der Waals surface area (Å²) in [6, 6.07) is 0. The highest BCUT2D eigenvalue weighted by Gasteiger charge is 2.79. The Labute approximate surface area is 94.8 Å². The molecule has 0 radical (unpaired) electrons. The van der Waals surface area contributed by atoms with E-state index in [9.17, 15) is 0 Å². The molecule has 5 saturated carbocycles. The van der Waals surface area contributed by atoms with Crippen LogP contribution in [0.1, 0.15) is 60.8 Å². The summed E-state index contributed by atoms with van der Waals surface area (Å²) in [5.41, 5.74) is 2.47. The van der Waals surface area contributed by atoms with Gasteiger partial charge in [-0.25, -0.2) is 0 Å². The van der Waals surface area contributed by atoms with E-state index in [4.69, 9.17) is 0 Å². The van der Waals surface area contributed by atoms with Crippen LogP contribution >= 0.6 is 0 Å². The number of rotatable bonds is 0. The molecule has 4 bridgehead atoms. The smallest absolute Gasteiger partial charge is 0.0186 e. The zero-order chi connectivity index (χ0) is 11.3. The molecule has 15 heavy (non-hydrogen) atoms. The quantitative estimate of drug-likeness (QED) is 0.547. The average Bonchev–Trinajstić information content (AvgIpc) is 2.25. The van der Waals surface area contributed by atoms with Crippen LogP contribution < -0.4 is 0 Å². The summed E-state index contributed by atoms with van der Waals surface area (Å²) in [4.78, 5) is 0. The minimum Gasteiger partial charge on any atom is -0.0599 e. The lowest BCUT2D eigenvalue weighted by Gasteiger charge is -2.80. The molecule has 0 nitrogen and oxygen atoms in total. The first-order valence-corrected chi connectivity index (χ1v) is 6.64. The van der Waals surface area contributed by atoms with Crippen molar-refractivity contribution in [2.24, 2.45) is 33.5 Å². The fourth-order valence-corrected chi connectivity index (χ4v) is 6.19. The van der Waals surface area contributed by atoms with Crippen LogP contribution in [0.15, 0.2) is 0 Å². The van der Waals surface area contributed by atoms with Crippen molar-refractivity contribution in [3.63, 3.8) is 0 Å². The second-order valence-corrected chi connectivity index (χ2v) is 8.45. The maximum absolute atomic E-state index is 2.58. The molecule has 5 aliphatic carbocycles. The van der Waals surface area contributed by atoms with Gasteiger partial charge in [-0.3, -0.25) is 0 Å². The van der Waals surface area contributed by atoms with Crippen molar-refractivity contribution in [1.82, 2.24) is 0 Å². The van der Waals surface area contributed by atoms with E-state index in [1.165, 1.54) is 19.3 Å². The summed E-state index contributed by atoms with van der Waals surface area (Å²) in [6.45, 7) is 15.2. The molecule has 0 amide bonds. The van der Waals surface area contributed by atoms with E-state index in [0.717, 1.165) is 11.8 Å². The SMILES string of the molecule is CC1(C)CC2C3CC(C)(C1)C3(C)C2(C)C. The van der Waals surface area contributed by atoms with E-state index in [1.54, 1.807) is 0 Å². The predicted molar refractivity (Wildman–Crippen MR) is 64.6 cm³/mol. The third-order valence-electron chi connectivity index (χ3n) is 7.06. The van der Waals surface area contributed by atoms with E-state index in [2.05, 4.69) is 41.5 Å². The molecular formula is C15H26. The van der Waals surface area contributed by atoms with Gasteiger partial charge in [0.2, 0.25) is 0 Å². The zero-order valence-electron chi connectivity index (χ0n) is 11.3. The molecule has 0 aromatic rings. The van der Waals surface area contributed by atoms with E-state index >= 15 is 0 Å². The first-order valence-electron chi connectivity index (χ1n) is 6.64. The minimum absolute atomic E-state index is 0.583. The van der Waals surface area contributed by atoms with Gasteiger partial charge in [0.05, 0.1) is 0 Å². The molecule has 4 unspecified atom stereocenters. The highest BCUT2D eigenvalue weighted by atomic mass is 14.8. The number of hydrogen-bond donors (Lipinski definition) is 0. The van der Waals surface area contributed by atoms with Crippen LogP contribution in [0.4, 0.5) is 0 Å². The molecule has 0 saturated heterocycles. The van der Waals surface area contributed by atoms with E-state index in [0.29, 0.717) is 21.7 Å². The van der Waals surface area contributed by atoms with Gasteiger partial charge in [0.1, 0.15) is 0 Å². The van der Waals surface area contributed by atoms with Crippen molar-refractivity contribution >= 4 is 0 Å². The van der Waals surface area contributed by atoms with Crippen molar-refractivity contribution < 1.29 is 0 Å². The van der Waals surface area contributed by atoms with Crippen molar-refractivity contribution in [3.05, 3.63) is 0 Å². The molecule has 4 atom stereocenters. The summed E-state index contributed by atoms with van der Waals surface area (Å²) >= 11 is 0. The minimum atomic E-state index is 0.583. The molecule has 5 rings (SSSR count). The Hall–Kier alpha value is 0. The molecule has 5 fully saturated rings. The first kappa shape index (κ1) is 10.2. The zero-order valence-corrected chi connectivity index (χ0v) is 11.3. The maximum Gasteiger partial charge on any atom is -0.0186 e. The molecule has 0 heterocycles.